The molecule has 100 valence electrons. The van der Waals surface area contributed by atoms with Gasteiger partial charge in [0.1, 0.15) is 5.75 Å². The summed E-state index contributed by atoms with van der Waals surface area (Å²) < 4.78 is 6.11. The maximum Gasteiger partial charge on any atom is 0.255 e. The van der Waals surface area contributed by atoms with Gasteiger partial charge in [-0.05, 0) is 30.0 Å². The maximum atomic E-state index is 12.1. The fourth-order valence-electron chi connectivity index (χ4n) is 1.39. The van der Waals surface area contributed by atoms with Gasteiger partial charge < -0.3 is 10.1 Å². The number of rotatable bonds is 5. The van der Waals surface area contributed by atoms with E-state index in [9.17, 15) is 4.79 Å². The quantitative estimate of drug-likeness (QED) is 0.901. The highest BCUT2D eigenvalue weighted by Gasteiger charge is 2.18. The van der Waals surface area contributed by atoms with Crippen LogP contribution in [0, 0.1) is 5.41 Å². The monoisotopic (exact) mass is 313 g/mol. The van der Waals surface area contributed by atoms with Crippen molar-refractivity contribution in [3.8, 4) is 5.75 Å². The molecular formula is C14H20BrNO2. The summed E-state index contributed by atoms with van der Waals surface area (Å²) in [7, 11) is 1.56. The van der Waals surface area contributed by atoms with Crippen LogP contribution in [0.3, 0.4) is 0 Å². The van der Waals surface area contributed by atoms with Crippen molar-refractivity contribution in [2.75, 3.05) is 13.7 Å². The van der Waals surface area contributed by atoms with E-state index in [2.05, 4.69) is 42.0 Å². The minimum Gasteiger partial charge on any atom is -0.496 e. The number of carbonyl (C=O) groups excluding carboxylic acids is 1. The van der Waals surface area contributed by atoms with Crippen LogP contribution in [-0.4, -0.2) is 19.6 Å². The molecule has 0 bridgehead atoms. The molecule has 1 aromatic carbocycles. The van der Waals surface area contributed by atoms with Gasteiger partial charge in [0.05, 0.1) is 12.7 Å². The van der Waals surface area contributed by atoms with Gasteiger partial charge in [0, 0.05) is 11.0 Å². The van der Waals surface area contributed by atoms with Crippen molar-refractivity contribution in [1.82, 2.24) is 5.32 Å². The smallest absolute Gasteiger partial charge is 0.255 e. The Labute approximate surface area is 117 Å². The van der Waals surface area contributed by atoms with Gasteiger partial charge in [-0.3, -0.25) is 4.79 Å². The van der Waals surface area contributed by atoms with Crippen molar-refractivity contribution in [2.24, 2.45) is 5.41 Å². The molecule has 18 heavy (non-hydrogen) atoms. The number of ether oxygens (including phenoxy) is 1. The van der Waals surface area contributed by atoms with Crippen LogP contribution in [0.25, 0.3) is 0 Å². The standard InChI is InChI=1S/C14H20BrNO2/c1-5-14(2,3)9-16-13(17)11-7-6-10(15)8-12(11)18-4/h6-8H,5,9H2,1-4H3,(H,16,17). The Balaban J connectivity index is 2.79. The highest BCUT2D eigenvalue weighted by molar-refractivity contribution is 9.10. The molecule has 0 radical (unpaired) electrons. The number of carbonyl (C=O) groups is 1. The van der Waals surface area contributed by atoms with Gasteiger partial charge in [-0.25, -0.2) is 0 Å². The molecule has 0 atom stereocenters. The molecule has 0 saturated carbocycles. The summed E-state index contributed by atoms with van der Waals surface area (Å²) >= 11 is 3.36. The minimum atomic E-state index is -0.0964. The molecule has 3 nitrogen and oxygen atoms in total. The number of benzene rings is 1. The summed E-state index contributed by atoms with van der Waals surface area (Å²) in [6, 6.07) is 5.39. The SMILES string of the molecule is CCC(C)(C)CNC(=O)c1ccc(Br)cc1OC. The summed E-state index contributed by atoms with van der Waals surface area (Å²) in [6.07, 6.45) is 1.02. The van der Waals surface area contributed by atoms with Crippen LogP contribution >= 0.6 is 15.9 Å². The molecule has 0 aliphatic carbocycles. The first-order valence-electron chi connectivity index (χ1n) is 6.01. The van der Waals surface area contributed by atoms with E-state index < -0.39 is 0 Å². The summed E-state index contributed by atoms with van der Waals surface area (Å²) in [4.78, 5) is 12.1. The normalized spacial score (nSPS) is 11.2. The van der Waals surface area contributed by atoms with Gasteiger partial charge in [0.2, 0.25) is 0 Å². The third kappa shape index (κ3) is 4.02. The lowest BCUT2D eigenvalue weighted by atomic mass is 9.90. The molecule has 0 fully saturated rings. The topological polar surface area (TPSA) is 38.3 Å². The van der Waals surface area contributed by atoms with E-state index in [-0.39, 0.29) is 11.3 Å². The van der Waals surface area contributed by atoms with Gasteiger partial charge in [-0.1, -0.05) is 36.7 Å². The number of amides is 1. The van der Waals surface area contributed by atoms with Crippen LogP contribution < -0.4 is 10.1 Å². The first-order chi connectivity index (χ1) is 8.39. The van der Waals surface area contributed by atoms with E-state index in [1.165, 1.54) is 0 Å². The molecule has 1 aromatic rings. The highest BCUT2D eigenvalue weighted by Crippen LogP contribution is 2.24. The molecule has 0 aliphatic heterocycles. The van der Waals surface area contributed by atoms with Crippen LogP contribution in [0.1, 0.15) is 37.6 Å². The number of nitrogens with one attached hydrogen (secondary N) is 1. The molecule has 0 aromatic heterocycles. The molecule has 0 saturated heterocycles. The Kier molecular flexibility index (Phi) is 5.20. The van der Waals surface area contributed by atoms with Crippen molar-refractivity contribution in [3.63, 3.8) is 0 Å². The van der Waals surface area contributed by atoms with E-state index in [1.807, 2.05) is 6.07 Å². The number of hydrogen-bond acceptors (Lipinski definition) is 2. The first-order valence-corrected chi connectivity index (χ1v) is 6.80. The second kappa shape index (κ2) is 6.23. The van der Waals surface area contributed by atoms with Gasteiger partial charge in [-0.15, -0.1) is 0 Å². The first kappa shape index (κ1) is 15.0. The van der Waals surface area contributed by atoms with Crippen molar-refractivity contribution in [3.05, 3.63) is 28.2 Å². The van der Waals surface area contributed by atoms with Gasteiger partial charge in [0.25, 0.3) is 5.91 Å². The largest absolute Gasteiger partial charge is 0.496 e. The maximum absolute atomic E-state index is 12.1. The predicted octanol–water partition coefficient (Wildman–Crippen LogP) is 3.62. The molecule has 1 rings (SSSR count). The fourth-order valence-corrected chi connectivity index (χ4v) is 1.73. The lowest BCUT2D eigenvalue weighted by molar-refractivity contribution is 0.0932. The Bertz CT molecular complexity index is 430. The van der Waals surface area contributed by atoms with E-state index in [1.54, 1.807) is 19.2 Å². The van der Waals surface area contributed by atoms with Crippen LogP contribution in [-0.2, 0) is 0 Å². The van der Waals surface area contributed by atoms with E-state index in [4.69, 9.17) is 4.74 Å². The zero-order valence-electron chi connectivity index (χ0n) is 11.3. The Morgan fingerprint density at radius 3 is 2.67 bits per heavy atom. The number of hydrogen-bond donors (Lipinski definition) is 1. The summed E-state index contributed by atoms with van der Waals surface area (Å²) in [5.41, 5.74) is 0.672. The van der Waals surface area contributed by atoms with Gasteiger partial charge in [-0.2, -0.15) is 0 Å². The molecule has 0 heterocycles. The van der Waals surface area contributed by atoms with Crippen molar-refractivity contribution >= 4 is 21.8 Å². The Morgan fingerprint density at radius 2 is 2.11 bits per heavy atom. The van der Waals surface area contributed by atoms with Crippen LogP contribution in [0.15, 0.2) is 22.7 Å². The summed E-state index contributed by atoms with van der Waals surface area (Å²) in [5.74, 6) is 0.483. The summed E-state index contributed by atoms with van der Waals surface area (Å²) in [6.45, 7) is 7.03. The van der Waals surface area contributed by atoms with Crippen LogP contribution in [0.4, 0.5) is 0 Å². The van der Waals surface area contributed by atoms with Crippen molar-refractivity contribution < 1.29 is 9.53 Å². The average molecular weight is 314 g/mol. The Hall–Kier alpha value is -1.03. The molecular weight excluding hydrogens is 294 g/mol. The molecule has 0 spiro atoms. The van der Waals surface area contributed by atoms with Crippen LogP contribution in [0.2, 0.25) is 0 Å². The zero-order chi connectivity index (χ0) is 13.8. The highest BCUT2D eigenvalue weighted by atomic mass is 79.9. The molecule has 4 heteroatoms. The predicted molar refractivity (Wildman–Crippen MR) is 77.1 cm³/mol. The third-order valence-corrected chi connectivity index (χ3v) is 3.59. The van der Waals surface area contributed by atoms with E-state index in [0.717, 1.165) is 10.9 Å². The van der Waals surface area contributed by atoms with Crippen molar-refractivity contribution in [1.29, 1.82) is 0 Å². The van der Waals surface area contributed by atoms with Gasteiger partial charge >= 0.3 is 0 Å². The number of halogens is 1. The van der Waals surface area contributed by atoms with Gasteiger partial charge in [0.15, 0.2) is 0 Å². The lowest BCUT2D eigenvalue weighted by Crippen LogP contribution is -2.33. The van der Waals surface area contributed by atoms with E-state index in [0.29, 0.717) is 17.9 Å². The molecule has 1 N–H and O–H groups in total. The second-order valence-corrected chi connectivity index (χ2v) is 5.96. The Morgan fingerprint density at radius 1 is 1.44 bits per heavy atom. The lowest BCUT2D eigenvalue weighted by Gasteiger charge is -2.23. The molecule has 0 aliphatic rings. The molecule has 1 amide bonds. The minimum absolute atomic E-state index is 0.0964. The average Bonchev–Trinajstić information content (AvgIpc) is 2.36. The summed E-state index contributed by atoms with van der Waals surface area (Å²) in [5, 5.41) is 2.95. The third-order valence-electron chi connectivity index (χ3n) is 3.09. The van der Waals surface area contributed by atoms with E-state index >= 15 is 0 Å². The molecule has 0 unspecified atom stereocenters. The van der Waals surface area contributed by atoms with Crippen LogP contribution in [0.5, 0.6) is 5.75 Å². The second-order valence-electron chi connectivity index (χ2n) is 5.05. The van der Waals surface area contributed by atoms with Crippen molar-refractivity contribution in [2.45, 2.75) is 27.2 Å². The fraction of sp³-hybridized carbons (Fsp3) is 0.500. The zero-order valence-corrected chi connectivity index (χ0v) is 12.9. The number of methoxy groups -OCH3 is 1.